The van der Waals surface area contributed by atoms with Gasteiger partial charge in [-0.1, -0.05) is 42.1 Å². The molecule has 104 valence electrons. The van der Waals surface area contributed by atoms with Gasteiger partial charge in [0, 0.05) is 0 Å². The molecule has 3 nitrogen and oxygen atoms in total. The van der Waals surface area contributed by atoms with Crippen molar-refractivity contribution >= 4 is 16.9 Å². The van der Waals surface area contributed by atoms with Crippen molar-refractivity contribution in [3.63, 3.8) is 0 Å². The third kappa shape index (κ3) is 2.90. The number of amidine groups is 1. The summed E-state index contributed by atoms with van der Waals surface area (Å²) in [5.41, 5.74) is 1.33. The van der Waals surface area contributed by atoms with E-state index >= 15 is 0 Å². The SMILES string of the molecule is Cc1ccc(C(C)NC2=NCC(c3ccccc3)S2)o1. The molecule has 20 heavy (non-hydrogen) atoms. The average Bonchev–Trinajstić information content (AvgIpc) is 3.09. The third-order valence-corrected chi connectivity index (χ3v) is 4.53. The first-order chi connectivity index (χ1) is 9.72. The van der Waals surface area contributed by atoms with Crippen LogP contribution in [0, 0.1) is 6.92 Å². The first-order valence-electron chi connectivity index (χ1n) is 6.81. The number of aliphatic imine (C=N–C) groups is 1. The molecule has 4 heteroatoms. The summed E-state index contributed by atoms with van der Waals surface area (Å²) in [6.07, 6.45) is 0. The molecule has 0 saturated heterocycles. The van der Waals surface area contributed by atoms with Gasteiger partial charge in [-0.15, -0.1) is 0 Å². The van der Waals surface area contributed by atoms with Crippen LogP contribution in [-0.2, 0) is 0 Å². The lowest BCUT2D eigenvalue weighted by atomic mass is 10.1. The highest BCUT2D eigenvalue weighted by Crippen LogP contribution is 2.35. The Morgan fingerprint density at radius 1 is 1.25 bits per heavy atom. The van der Waals surface area contributed by atoms with Crippen LogP contribution in [0.1, 0.15) is 35.3 Å². The van der Waals surface area contributed by atoms with Crippen molar-refractivity contribution in [2.75, 3.05) is 6.54 Å². The molecule has 0 bridgehead atoms. The summed E-state index contributed by atoms with van der Waals surface area (Å²) >= 11 is 1.79. The monoisotopic (exact) mass is 286 g/mol. The molecular weight excluding hydrogens is 268 g/mol. The van der Waals surface area contributed by atoms with Gasteiger partial charge in [-0.25, -0.2) is 0 Å². The second-order valence-electron chi connectivity index (χ2n) is 4.98. The van der Waals surface area contributed by atoms with Gasteiger partial charge in [-0.2, -0.15) is 0 Å². The maximum Gasteiger partial charge on any atom is 0.157 e. The Bertz CT molecular complexity index is 606. The Balaban J connectivity index is 1.60. The normalized spacial score (nSPS) is 19.7. The lowest BCUT2D eigenvalue weighted by Gasteiger charge is -2.13. The Labute approximate surface area is 123 Å². The van der Waals surface area contributed by atoms with E-state index in [0.29, 0.717) is 5.25 Å². The van der Waals surface area contributed by atoms with Gasteiger partial charge >= 0.3 is 0 Å². The summed E-state index contributed by atoms with van der Waals surface area (Å²) in [5.74, 6) is 1.89. The molecule has 1 aromatic carbocycles. The maximum atomic E-state index is 5.64. The minimum atomic E-state index is 0.143. The zero-order valence-electron chi connectivity index (χ0n) is 11.7. The molecule has 2 atom stereocenters. The molecule has 1 aliphatic heterocycles. The highest BCUT2D eigenvalue weighted by molar-refractivity contribution is 8.14. The quantitative estimate of drug-likeness (QED) is 0.923. The average molecular weight is 286 g/mol. The van der Waals surface area contributed by atoms with Crippen molar-refractivity contribution in [2.45, 2.75) is 25.1 Å². The summed E-state index contributed by atoms with van der Waals surface area (Å²) < 4.78 is 5.64. The molecular formula is C16H18N2OS. The van der Waals surface area contributed by atoms with Gasteiger partial charge in [0.15, 0.2) is 5.17 Å². The van der Waals surface area contributed by atoms with Gasteiger partial charge in [0.1, 0.15) is 11.5 Å². The molecule has 1 N–H and O–H groups in total. The second-order valence-corrected chi connectivity index (χ2v) is 6.17. The molecule has 2 unspecified atom stereocenters. The molecule has 2 aromatic rings. The van der Waals surface area contributed by atoms with Crippen LogP contribution in [0.3, 0.4) is 0 Å². The zero-order valence-corrected chi connectivity index (χ0v) is 12.5. The fourth-order valence-electron chi connectivity index (χ4n) is 2.24. The predicted molar refractivity (Wildman–Crippen MR) is 84.1 cm³/mol. The van der Waals surface area contributed by atoms with Gasteiger partial charge in [-0.05, 0) is 31.5 Å². The third-order valence-electron chi connectivity index (χ3n) is 3.35. The van der Waals surface area contributed by atoms with E-state index < -0.39 is 0 Å². The van der Waals surface area contributed by atoms with Gasteiger partial charge in [0.25, 0.3) is 0 Å². The molecule has 0 amide bonds. The van der Waals surface area contributed by atoms with E-state index in [-0.39, 0.29) is 6.04 Å². The first-order valence-corrected chi connectivity index (χ1v) is 7.69. The van der Waals surface area contributed by atoms with E-state index in [9.17, 15) is 0 Å². The van der Waals surface area contributed by atoms with E-state index in [1.807, 2.05) is 25.1 Å². The molecule has 0 fully saturated rings. The Morgan fingerprint density at radius 3 is 2.75 bits per heavy atom. The number of furan rings is 1. The van der Waals surface area contributed by atoms with Crippen molar-refractivity contribution in [3.8, 4) is 0 Å². The highest BCUT2D eigenvalue weighted by atomic mass is 32.2. The topological polar surface area (TPSA) is 37.5 Å². The molecule has 1 aromatic heterocycles. The first kappa shape index (κ1) is 13.3. The summed E-state index contributed by atoms with van der Waals surface area (Å²) in [6.45, 7) is 4.89. The van der Waals surface area contributed by atoms with E-state index in [2.05, 4.69) is 41.5 Å². The summed E-state index contributed by atoms with van der Waals surface area (Å²) in [7, 11) is 0. The fourth-order valence-corrected chi connectivity index (χ4v) is 3.34. The summed E-state index contributed by atoms with van der Waals surface area (Å²) in [6, 6.07) is 14.7. The van der Waals surface area contributed by atoms with Crippen molar-refractivity contribution < 1.29 is 4.42 Å². The molecule has 1 aliphatic rings. The Morgan fingerprint density at radius 2 is 2.05 bits per heavy atom. The molecule has 0 aliphatic carbocycles. The number of benzene rings is 1. The number of nitrogens with one attached hydrogen (secondary N) is 1. The van der Waals surface area contributed by atoms with Crippen LogP contribution in [0.5, 0.6) is 0 Å². The Kier molecular flexibility index (Phi) is 3.83. The van der Waals surface area contributed by atoms with Crippen molar-refractivity contribution in [2.24, 2.45) is 4.99 Å². The molecule has 3 rings (SSSR count). The van der Waals surface area contributed by atoms with E-state index in [1.165, 1.54) is 5.56 Å². The minimum absolute atomic E-state index is 0.143. The molecule has 0 saturated carbocycles. The highest BCUT2D eigenvalue weighted by Gasteiger charge is 2.23. The minimum Gasteiger partial charge on any atom is -0.464 e. The van der Waals surface area contributed by atoms with E-state index in [1.54, 1.807) is 11.8 Å². The van der Waals surface area contributed by atoms with E-state index in [4.69, 9.17) is 4.42 Å². The second kappa shape index (κ2) is 5.75. The predicted octanol–water partition coefficient (Wildman–Crippen LogP) is 4.08. The van der Waals surface area contributed by atoms with Crippen LogP contribution >= 0.6 is 11.8 Å². The summed E-state index contributed by atoms with van der Waals surface area (Å²) in [5, 5.41) is 4.85. The molecule has 2 heterocycles. The van der Waals surface area contributed by atoms with Crippen molar-refractivity contribution in [1.29, 1.82) is 0 Å². The number of nitrogens with zero attached hydrogens (tertiary/aromatic N) is 1. The number of aryl methyl sites for hydroxylation is 1. The maximum absolute atomic E-state index is 5.64. The number of rotatable bonds is 3. The largest absolute Gasteiger partial charge is 0.464 e. The van der Waals surface area contributed by atoms with Gasteiger partial charge in [-0.3, -0.25) is 4.99 Å². The van der Waals surface area contributed by atoms with Crippen LogP contribution in [0.25, 0.3) is 0 Å². The van der Waals surface area contributed by atoms with Crippen LogP contribution in [0.15, 0.2) is 51.9 Å². The van der Waals surface area contributed by atoms with Crippen LogP contribution in [0.2, 0.25) is 0 Å². The lowest BCUT2D eigenvalue weighted by Crippen LogP contribution is -2.22. The number of hydrogen-bond donors (Lipinski definition) is 1. The van der Waals surface area contributed by atoms with Gasteiger partial charge in [0.05, 0.1) is 17.8 Å². The van der Waals surface area contributed by atoms with Crippen LogP contribution in [0.4, 0.5) is 0 Å². The van der Waals surface area contributed by atoms with Gasteiger partial charge < -0.3 is 9.73 Å². The molecule has 0 spiro atoms. The summed E-state index contributed by atoms with van der Waals surface area (Å²) in [4.78, 5) is 4.59. The number of thioether (sulfide) groups is 1. The zero-order chi connectivity index (χ0) is 13.9. The van der Waals surface area contributed by atoms with Crippen molar-refractivity contribution in [1.82, 2.24) is 5.32 Å². The fraction of sp³-hybridized carbons (Fsp3) is 0.312. The number of hydrogen-bond acceptors (Lipinski definition) is 4. The van der Waals surface area contributed by atoms with Gasteiger partial charge in [0.2, 0.25) is 0 Å². The molecule has 0 radical (unpaired) electrons. The smallest absolute Gasteiger partial charge is 0.157 e. The van der Waals surface area contributed by atoms with Crippen LogP contribution < -0.4 is 5.32 Å². The van der Waals surface area contributed by atoms with Crippen molar-refractivity contribution in [3.05, 3.63) is 59.5 Å². The van der Waals surface area contributed by atoms with Crippen LogP contribution in [-0.4, -0.2) is 11.7 Å². The Hall–Kier alpha value is -1.68. The van der Waals surface area contributed by atoms with E-state index in [0.717, 1.165) is 23.2 Å². The standard InChI is InChI=1S/C16H18N2OS/c1-11-8-9-14(19-11)12(2)18-16-17-10-15(20-16)13-6-4-3-5-7-13/h3-9,12,15H,10H2,1-2H3,(H,17,18). The lowest BCUT2D eigenvalue weighted by molar-refractivity contribution is 0.444.